The predicted octanol–water partition coefficient (Wildman–Crippen LogP) is 1.08. The van der Waals surface area contributed by atoms with E-state index < -0.39 is 20.8 Å². The topological polar surface area (TPSA) is 80.5 Å². The fourth-order valence-corrected chi connectivity index (χ4v) is 2.58. The Morgan fingerprint density at radius 3 is 2.31 bits per heavy atom. The third-order valence-corrected chi connectivity index (χ3v) is 3.61. The Labute approximate surface area is 93.7 Å². The lowest BCUT2D eigenvalue weighted by molar-refractivity contribution is -0.458. The Hall–Kier alpha value is -1.63. The van der Waals surface area contributed by atoms with Gasteiger partial charge >= 0.3 is 15.9 Å². The first-order valence-electron chi connectivity index (χ1n) is 4.64. The number of sulfonamides is 1. The molecule has 0 fully saturated rings. The summed E-state index contributed by atoms with van der Waals surface area (Å²) >= 11 is 0. The van der Waals surface area contributed by atoms with E-state index in [1.807, 2.05) is 0 Å². The van der Waals surface area contributed by atoms with Gasteiger partial charge in [0.05, 0.1) is 5.69 Å². The Kier molecular flexibility index (Phi) is 3.83. The molecule has 0 aromatic heterocycles. The second kappa shape index (κ2) is 4.93. The lowest BCUT2D eigenvalue weighted by atomic mass is 10.3. The molecule has 0 atom stereocenters. The highest BCUT2D eigenvalue weighted by molar-refractivity contribution is 7.92. The van der Waals surface area contributed by atoms with Crippen molar-refractivity contribution < 1.29 is 13.3 Å². The number of para-hydroxylation sites is 1. The van der Waals surface area contributed by atoms with Gasteiger partial charge < -0.3 is 0 Å². The van der Waals surface area contributed by atoms with Crippen LogP contribution in [0.5, 0.6) is 0 Å². The Morgan fingerprint density at radius 2 is 1.88 bits per heavy atom. The first-order valence-corrected chi connectivity index (χ1v) is 6.25. The SMILES string of the molecule is CCN(c1ccccc1)S(=O)(=O)C[N+](=O)[O-]. The van der Waals surface area contributed by atoms with Gasteiger partial charge in [0.2, 0.25) is 0 Å². The van der Waals surface area contributed by atoms with Crippen LogP contribution in [-0.4, -0.2) is 25.8 Å². The molecule has 16 heavy (non-hydrogen) atoms. The van der Waals surface area contributed by atoms with E-state index in [-0.39, 0.29) is 6.54 Å². The van der Waals surface area contributed by atoms with E-state index in [0.717, 1.165) is 4.31 Å². The maximum atomic E-state index is 11.7. The Morgan fingerprint density at radius 1 is 1.31 bits per heavy atom. The van der Waals surface area contributed by atoms with Crippen LogP contribution < -0.4 is 4.31 Å². The molecule has 0 aliphatic carbocycles. The monoisotopic (exact) mass is 244 g/mol. The lowest BCUT2D eigenvalue weighted by Crippen LogP contribution is -2.35. The summed E-state index contributed by atoms with van der Waals surface area (Å²) < 4.78 is 24.3. The standard InChI is InChI=1S/C9H12N2O4S/c1-2-10(9-6-4-3-5-7-9)16(14,15)8-11(12)13/h3-7H,2,8H2,1H3. The van der Waals surface area contributed by atoms with Crippen LogP contribution in [0.2, 0.25) is 0 Å². The van der Waals surface area contributed by atoms with E-state index >= 15 is 0 Å². The molecule has 0 saturated heterocycles. The lowest BCUT2D eigenvalue weighted by Gasteiger charge is -2.20. The van der Waals surface area contributed by atoms with Gasteiger partial charge in [0.1, 0.15) is 0 Å². The molecule has 0 bridgehead atoms. The second-order valence-corrected chi connectivity index (χ2v) is 4.94. The smallest absolute Gasteiger partial charge is 0.265 e. The molecule has 0 aliphatic rings. The van der Waals surface area contributed by atoms with Crippen molar-refractivity contribution in [3.8, 4) is 0 Å². The number of hydrogen-bond acceptors (Lipinski definition) is 4. The second-order valence-electron chi connectivity index (χ2n) is 3.07. The molecule has 0 radical (unpaired) electrons. The summed E-state index contributed by atoms with van der Waals surface area (Å²) in [5.74, 6) is -1.09. The molecule has 7 heteroatoms. The largest absolute Gasteiger partial charge is 0.320 e. The van der Waals surface area contributed by atoms with Gasteiger partial charge in [0.15, 0.2) is 0 Å². The zero-order valence-corrected chi connectivity index (χ0v) is 9.55. The number of rotatable bonds is 5. The Balaban J connectivity index is 3.04. The minimum Gasteiger partial charge on any atom is -0.265 e. The van der Waals surface area contributed by atoms with Crippen molar-refractivity contribution >= 4 is 15.7 Å². The molecule has 0 spiro atoms. The maximum absolute atomic E-state index is 11.7. The number of anilines is 1. The zero-order valence-electron chi connectivity index (χ0n) is 8.74. The number of nitrogens with zero attached hydrogens (tertiary/aromatic N) is 2. The van der Waals surface area contributed by atoms with Crippen LogP contribution in [-0.2, 0) is 10.0 Å². The third-order valence-electron chi connectivity index (χ3n) is 1.94. The van der Waals surface area contributed by atoms with Crippen LogP contribution in [0.4, 0.5) is 5.69 Å². The quantitative estimate of drug-likeness (QED) is 0.573. The van der Waals surface area contributed by atoms with Gasteiger partial charge in [-0.05, 0) is 19.1 Å². The van der Waals surface area contributed by atoms with Crippen molar-refractivity contribution in [3.63, 3.8) is 0 Å². The summed E-state index contributed by atoms with van der Waals surface area (Å²) in [6.45, 7) is 1.80. The van der Waals surface area contributed by atoms with Crippen molar-refractivity contribution in [1.29, 1.82) is 0 Å². The summed E-state index contributed by atoms with van der Waals surface area (Å²) in [5, 5.41) is 10.3. The number of hydrogen-bond donors (Lipinski definition) is 0. The zero-order chi connectivity index (χ0) is 12.2. The van der Waals surface area contributed by atoms with Crippen molar-refractivity contribution in [3.05, 3.63) is 40.4 Å². The van der Waals surface area contributed by atoms with E-state index in [0.29, 0.717) is 5.69 Å². The van der Waals surface area contributed by atoms with E-state index in [2.05, 4.69) is 0 Å². The summed E-state index contributed by atoms with van der Waals surface area (Å²) in [6.07, 6.45) is 0. The van der Waals surface area contributed by atoms with E-state index in [4.69, 9.17) is 0 Å². The molecule has 6 nitrogen and oxygen atoms in total. The van der Waals surface area contributed by atoms with Crippen LogP contribution in [0.3, 0.4) is 0 Å². The first-order chi connectivity index (χ1) is 7.47. The molecule has 1 aromatic carbocycles. The van der Waals surface area contributed by atoms with Gasteiger partial charge in [-0.15, -0.1) is 0 Å². The maximum Gasteiger partial charge on any atom is 0.320 e. The van der Waals surface area contributed by atoms with Crippen LogP contribution in [0.15, 0.2) is 30.3 Å². The van der Waals surface area contributed by atoms with Crippen molar-refractivity contribution in [2.75, 3.05) is 16.7 Å². The minimum atomic E-state index is -3.89. The molecule has 0 N–H and O–H groups in total. The number of nitro groups is 1. The first kappa shape index (κ1) is 12.4. The highest BCUT2D eigenvalue weighted by Crippen LogP contribution is 2.17. The summed E-state index contributed by atoms with van der Waals surface area (Å²) in [7, 11) is -3.89. The van der Waals surface area contributed by atoms with E-state index in [9.17, 15) is 18.5 Å². The fraction of sp³-hybridized carbons (Fsp3) is 0.333. The Bertz CT molecular complexity index is 458. The van der Waals surface area contributed by atoms with E-state index in [1.165, 1.54) is 0 Å². The van der Waals surface area contributed by atoms with Crippen LogP contribution in [0.1, 0.15) is 6.92 Å². The molecule has 0 heterocycles. The van der Waals surface area contributed by atoms with Gasteiger partial charge in [-0.25, -0.2) is 0 Å². The minimum absolute atomic E-state index is 0.167. The molecular weight excluding hydrogens is 232 g/mol. The number of benzene rings is 1. The highest BCUT2D eigenvalue weighted by atomic mass is 32.2. The molecular formula is C9H12N2O4S. The van der Waals surface area contributed by atoms with Crippen LogP contribution in [0.25, 0.3) is 0 Å². The average molecular weight is 244 g/mol. The summed E-state index contributed by atoms with van der Waals surface area (Å²) in [4.78, 5) is 9.42. The molecule has 0 amide bonds. The van der Waals surface area contributed by atoms with Crippen molar-refractivity contribution in [2.45, 2.75) is 6.92 Å². The van der Waals surface area contributed by atoms with Gasteiger partial charge in [0.25, 0.3) is 0 Å². The molecule has 88 valence electrons. The highest BCUT2D eigenvalue weighted by Gasteiger charge is 2.26. The fourth-order valence-electron chi connectivity index (χ4n) is 1.34. The molecule has 1 rings (SSSR count). The molecule has 0 saturated carbocycles. The van der Waals surface area contributed by atoms with Crippen LogP contribution in [0, 0.1) is 10.1 Å². The molecule has 0 aliphatic heterocycles. The normalized spacial score (nSPS) is 11.1. The summed E-state index contributed by atoms with van der Waals surface area (Å²) in [6, 6.07) is 8.30. The van der Waals surface area contributed by atoms with Crippen LogP contribution >= 0.6 is 0 Å². The molecule has 1 aromatic rings. The van der Waals surface area contributed by atoms with E-state index in [1.54, 1.807) is 37.3 Å². The van der Waals surface area contributed by atoms with Gasteiger partial charge in [-0.2, -0.15) is 8.42 Å². The van der Waals surface area contributed by atoms with Gasteiger partial charge in [-0.3, -0.25) is 14.4 Å². The molecule has 0 unspecified atom stereocenters. The van der Waals surface area contributed by atoms with Gasteiger partial charge in [0, 0.05) is 11.5 Å². The average Bonchev–Trinajstić information content (AvgIpc) is 2.17. The van der Waals surface area contributed by atoms with Gasteiger partial charge in [-0.1, -0.05) is 18.2 Å². The third kappa shape index (κ3) is 2.93. The predicted molar refractivity (Wildman–Crippen MR) is 60.2 cm³/mol. The van der Waals surface area contributed by atoms with Crippen molar-refractivity contribution in [1.82, 2.24) is 0 Å². The van der Waals surface area contributed by atoms with Crippen molar-refractivity contribution in [2.24, 2.45) is 0 Å². The summed E-state index contributed by atoms with van der Waals surface area (Å²) in [5.41, 5.74) is 0.437.